The number of benzene rings is 1. The van der Waals surface area contributed by atoms with Crippen molar-refractivity contribution < 1.29 is 0 Å². The minimum absolute atomic E-state index is 0.745. The number of halogens is 1. The van der Waals surface area contributed by atoms with Crippen LogP contribution in [0.2, 0.25) is 5.02 Å². The van der Waals surface area contributed by atoms with Crippen LogP contribution in [0.4, 0.5) is 5.69 Å². The van der Waals surface area contributed by atoms with Gasteiger partial charge in [-0.05, 0) is 56.2 Å². The van der Waals surface area contributed by atoms with Crippen LogP contribution in [-0.4, -0.2) is 10.7 Å². The van der Waals surface area contributed by atoms with Gasteiger partial charge < -0.3 is 0 Å². The van der Waals surface area contributed by atoms with Gasteiger partial charge in [-0.2, -0.15) is 0 Å². The Kier molecular flexibility index (Phi) is 3.78. The molecular weight excluding hydrogens is 244 g/mol. The minimum Gasteiger partial charge on any atom is -0.262 e. The molecule has 0 aliphatic rings. The van der Waals surface area contributed by atoms with E-state index >= 15 is 0 Å². The molecule has 0 unspecified atom stereocenters. The molecule has 1 aromatic heterocycles. The van der Waals surface area contributed by atoms with Crippen LogP contribution < -0.4 is 0 Å². The van der Waals surface area contributed by atoms with E-state index < -0.39 is 0 Å². The number of pyridine rings is 1. The Balaban J connectivity index is 2.42. The fourth-order valence-corrected chi connectivity index (χ4v) is 1.90. The minimum atomic E-state index is 0.745. The molecule has 2 aromatic rings. The Morgan fingerprint density at radius 3 is 2.72 bits per heavy atom. The van der Waals surface area contributed by atoms with Crippen molar-refractivity contribution >= 4 is 23.0 Å². The number of rotatable bonds is 2. The molecule has 0 aliphatic heterocycles. The molecule has 2 rings (SSSR count). The lowest BCUT2D eigenvalue weighted by Gasteiger charge is -2.05. The van der Waals surface area contributed by atoms with E-state index in [0.29, 0.717) is 0 Å². The zero-order valence-corrected chi connectivity index (χ0v) is 11.5. The van der Waals surface area contributed by atoms with Gasteiger partial charge in [0.05, 0.1) is 5.69 Å². The van der Waals surface area contributed by atoms with Crippen LogP contribution in [0.15, 0.2) is 41.5 Å². The summed E-state index contributed by atoms with van der Waals surface area (Å²) < 4.78 is 0. The highest BCUT2D eigenvalue weighted by atomic mass is 35.5. The topological polar surface area (TPSA) is 25.2 Å². The summed E-state index contributed by atoms with van der Waals surface area (Å²) in [5, 5.41) is 0.745. The molecule has 1 aromatic carbocycles. The van der Waals surface area contributed by atoms with Gasteiger partial charge >= 0.3 is 0 Å². The molecule has 0 saturated heterocycles. The molecule has 0 atom stereocenters. The molecule has 0 saturated carbocycles. The van der Waals surface area contributed by atoms with Crippen molar-refractivity contribution in [3.05, 3.63) is 58.4 Å². The monoisotopic (exact) mass is 258 g/mol. The van der Waals surface area contributed by atoms with Gasteiger partial charge in [-0.3, -0.25) is 9.98 Å². The Labute approximate surface area is 112 Å². The number of nitrogens with zero attached hydrogens (tertiary/aromatic N) is 2. The summed E-state index contributed by atoms with van der Waals surface area (Å²) in [6, 6.07) is 9.75. The van der Waals surface area contributed by atoms with E-state index in [0.717, 1.165) is 33.2 Å². The Hall–Kier alpha value is -1.67. The molecule has 0 spiro atoms. The predicted molar refractivity (Wildman–Crippen MR) is 77.0 cm³/mol. The van der Waals surface area contributed by atoms with Crippen molar-refractivity contribution in [2.24, 2.45) is 4.99 Å². The predicted octanol–water partition coefficient (Wildman–Crippen LogP) is 4.49. The second kappa shape index (κ2) is 5.32. The maximum Gasteiger partial charge on any atom is 0.0677 e. The Morgan fingerprint density at radius 1 is 1.22 bits per heavy atom. The fraction of sp³-hybridized carbons (Fsp3) is 0.200. The van der Waals surface area contributed by atoms with Crippen molar-refractivity contribution in [2.45, 2.75) is 20.8 Å². The van der Waals surface area contributed by atoms with Gasteiger partial charge in [-0.25, -0.2) is 0 Å². The summed E-state index contributed by atoms with van der Waals surface area (Å²) in [7, 11) is 0. The summed E-state index contributed by atoms with van der Waals surface area (Å²) in [4.78, 5) is 8.82. The van der Waals surface area contributed by atoms with E-state index in [1.54, 1.807) is 6.20 Å². The van der Waals surface area contributed by atoms with E-state index in [-0.39, 0.29) is 0 Å². The third-order valence-corrected chi connectivity index (χ3v) is 3.25. The maximum atomic E-state index is 6.09. The lowest BCUT2D eigenvalue weighted by molar-refractivity contribution is 1.19. The third-order valence-electron chi connectivity index (χ3n) is 2.84. The van der Waals surface area contributed by atoms with Crippen molar-refractivity contribution in [3.8, 4) is 0 Å². The van der Waals surface area contributed by atoms with Crippen LogP contribution in [-0.2, 0) is 0 Å². The molecule has 0 bridgehead atoms. The van der Waals surface area contributed by atoms with Crippen molar-refractivity contribution in [1.82, 2.24) is 4.98 Å². The van der Waals surface area contributed by atoms with Gasteiger partial charge in [0.15, 0.2) is 0 Å². The second-order valence-corrected chi connectivity index (χ2v) is 4.67. The first-order valence-electron chi connectivity index (χ1n) is 5.81. The van der Waals surface area contributed by atoms with Crippen LogP contribution >= 0.6 is 11.6 Å². The largest absolute Gasteiger partial charge is 0.262 e. The number of hydrogen-bond acceptors (Lipinski definition) is 2. The molecule has 0 radical (unpaired) electrons. The summed E-state index contributed by atoms with van der Waals surface area (Å²) in [5.74, 6) is 0. The molecule has 0 fully saturated rings. The Bertz CT molecular complexity index is 603. The number of aryl methyl sites for hydroxylation is 1. The van der Waals surface area contributed by atoms with Crippen molar-refractivity contribution in [3.63, 3.8) is 0 Å². The zero-order valence-electron chi connectivity index (χ0n) is 10.7. The van der Waals surface area contributed by atoms with Gasteiger partial charge in [-0.15, -0.1) is 0 Å². The maximum absolute atomic E-state index is 6.09. The highest BCUT2D eigenvalue weighted by molar-refractivity contribution is 6.31. The van der Waals surface area contributed by atoms with Crippen molar-refractivity contribution in [2.75, 3.05) is 0 Å². The molecule has 3 heteroatoms. The molecule has 0 N–H and O–H groups in total. The first kappa shape index (κ1) is 12.8. The number of hydrogen-bond donors (Lipinski definition) is 0. The van der Waals surface area contributed by atoms with Crippen molar-refractivity contribution in [1.29, 1.82) is 0 Å². The fourth-order valence-electron chi connectivity index (χ4n) is 1.73. The SMILES string of the molecule is CC(=Nc1cccc(Cl)c1C)c1ccnc(C)c1. The standard InChI is InChI=1S/C15H15ClN2/c1-10-9-13(7-8-17-10)12(3)18-15-6-4-5-14(16)11(15)2/h4-9H,1-3H3. The summed E-state index contributed by atoms with van der Waals surface area (Å²) in [5.41, 5.74) is 4.95. The van der Waals surface area contributed by atoms with Gasteiger partial charge in [-0.1, -0.05) is 17.7 Å². The average Bonchev–Trinajstić information content (AvgIpc) is 2.35. The van der Waals surface area contributed by atoms with Gasteiger partial charge in [0.25, 0.3) is 0 Å². The highest BCUT2D eigenvalue weighted by Crippen LogP contribution is 2.26. The van der Waals surface area contributed by atoms with E-state index in [2.05, 4.69) is 9.98 Å². The number of aliphatic imine (C=N–C) groups is 1. The lowest BCUT2D eigenvalue weighted by atomic mass is 10.1. The van der Waals surface area contributed by atoms with Crippen LogP contribution in [0.3, 0.4) is 0 Å². The van der Waals surface area contributed by atoms with Crippen LogP contribution in [0.5, 0.6) is 0 Å². The molecule has 92 valence electrons. The van der Waals surface area contributed by atoms with Gasteiger partial charge in [0.1, 0.15) is 0 Å². The first-order valence-corrected chi connectivity index (χ1v) is 6.19. The van der Waals surface area contributed by atoms with E-state index in [9.17, 15) is 0 Å². The quantitative estimate of drug-likeness (QED) is 0.729. The molecule has 2 nitrogen and oxygen atoms in total. The van der Waals surface area contributed by atoms with Crippen LogP contribution in [0.25, 0.3) is 0 Å². The molecule has 18 heavy (non-hydrogen) atoms. The molecule has 0 amide bonds. The van der Waals surface area contributed by atoms with Crippen LogP contribution in [0.1, 0.15) is 23.7 Å². The first-order chi connectivity index (χ1) is 8.58. The van der Waals surface area contributed by atoms with E-state index in [4.69, 9.17) is 11.6 Å². The average molecular weight is 259 g/mol. The van der Waals surface area contributed by atoms with Crippen LogP contribution in [0, 0.1) is 13.8 Å². The van der Waals surface area contributed by atoms with Gasteiger partial charge in [0.2, 0.25) is 0 Å². The normalized spacial score (nSPS) is 11.7. The molecule has 0 aliphatic carbocycles. The molecular formula is C15H15ClN2. The van der Waals surface area contributed by atoms with Gasteiger partial charge in [0, 0.05) is 22.6 Å². The summed E-state index contributed by atoms with van der Waals surface area (Å²) in [6.07, 6.45) is 1.80. The second-order valence-electron chi connectivity index (χ2n) is 4.27. The smallest absolute Gasteiger partial charge is 0.0677 e. The number of aromatic nitrogens is 1. The summed E-state index contributed by atoms with van der Waals surface area (Å²) >= 11 is 6.09. The third kappa shape index (κ3) is 2.77. The summed E-state index contributed by atoms with van der Waals surface area (Å²) in [6.45, 7) is 5.95. The molecule has 1 heterocycles. The lowest BCUT2D eigenvalue weighted by Crippen LogP contribution is -1.96. The highest BCUT2D eigenvalue weighted by Gasteiger charge is 2.03. The zero-order chi connectivity index (χ0) is 13.1. The van der Waals surface area contributed by atoms with E-state index in [1.807, 2.05) is 51.1 Å². The Morgan fingerprint density at radius 2 is 2.00 bits per heavy atom. The van der Waals surface area contributed by atoms with E-state index in [1.165, 1.54) is 0 Å².